The smallest absolute Gasteiger partial charge is 0.227 e. The van der Waals surface area contributed by atoms with Gasteiger partial charge in [-0.05, 0) is 25.3 Å². The van der Waals surface area contributed by atoms with Gasteiger partial charge in [0, 0.05) is 36.1 Å². The number of hydrogen-bond donors (Lipinski definition) is 1. The van der Waals surface area contributed by atoms with Crippen molar-refractivity contribution in [2.75, 3.05) is 18.0 Å². The third kappa shape index (κ3) is 2.57. The Balaban J connectivity index is 1.69. The first-order valence-corrected chi connectivity index (χ1v) is 9.21. The van der Waals surface area contributed by atoms with Gasteiger partial charge in [-0.25, -0.2) is 9.97 Å². The molecule has 1 N–H and O–H groups in total. The molecule has 1 aromatic heterocycles. The van der Waals surface area contributed by atoms with E-state index in [1.165, 1.54) is 19.3 Å². The minimum atomic E-state index is 0.511. The highest BCUT2D eigenvalue weighted by Crippen LogP contribution is 2.33. The number of rotatable bonds is 2. The van der Waals surface area contributed by atoms with E-state index in [-0.39, 0.29) is 0 Å². The highest BCUT2D eigenvalue weighted by atomic mass is 15.3. The van der Waals surface area contributed by atoms with E-state index >= 15 is 0 Å². The summed E-state index contributed by atoms with van der Waals surface area (Å²) in [7, 11) is 0. The second-order valence-electron chi connectivity index (χ2n) is 7.06. The van der Waals surface area contributed by atoms with Gasteiger partial charge in [-0.15, -0.1) is 0 Å². The highest BCUT2D eigenvalue weighted by Gasteiger charge is 2.35. The van der Waals surface area contributed by atoms with Crippen LogP contribution in [-0.4, -0.2) is 35.1 Å². The van der Waals surface area contributed by atoms with Crippen LogP contribution >= 0.6 is 0 Å². The number of nitrogens with zero attached hydrogens (tertiary/aromatic N) is 3. The van der Waals surface area contributed by atoms with Gasteiger partial charge in [0.1, 0.15) is 0 Å². The number of fused-ring (bicyclic) bond motifs is 3. The predicted octanol–water partition coefficient (Wildman–Crippen LogP) is 3.63. The zero-order valence-corrected chi connectivity index (χ0v) is 14.2. The Morgan fingerprint density at radius 2 is 1.56 bits per heavy atom. The molecule has 0 amide bonds. The Bertz CT molecular complexity index is 871. The summed E-state index contributed by atoms with van der Waals surface area (Å²) >= 11 is 0. The van der Waals surface area contributed by atoms with Gasteiger partial charge in [-0.2, -0.15) is 0 Å². The summed E-state index contributed by atoms with van der Waals surface area (Å²) in [6.07, 6.45) is 3.76. The van der Waals surface area contributed by atoms with E-state index in [2.05, 4.69) is 64.8 Å². The molecular weight excluding hydrogens is 308 g/mol. The van der Waals surface area contributed by atoms with Crippen molar-refractivity contribution in [3.63, 3.8) is 0 Å². The van der Waals surface area contributed by atoms with Crippen LogP contribution < -0.4 is 10.2 Å². The maximum atomic E-state index is 5.06. The number of anilines is 1. The van der Waals surface area contributed by atoms with Crippen LogP contribution in [0.25, 0.3) is 22.2 Å². The fraction of sp³-hybridized carbons (Fsp3) is 0.333. The molecule has 2 unspecified atom stereocenters. The van der Waals surface area contributed by atoms with Gasteiger partial charge in [0.15, 0.2) is 0 Å². The Labute approximate surface area is 147 Å². The lowest BCUT2D eigenvalue weighted by atomic mass is 9.93. The van der Waals surface area contributed by atoms with Gasteiger partial charge >= 0.3 is 0 Å². The number of aromatic nitrogens is 2. The molecule has 2 saturated heterocycles. The molecule has 4 nitrogen and oxygen atoms in total. The molecule has 4 heteroatoms. The van der Waals surface area contributed by atoms with Gasteiger partial charge in [-0.1, -0.05) is 48.5 Å². The lowest BCUT2D eigenvalue weighted by Gasteiger charge is -2.46. The fourth-order valence-corrected chi connectivity index (χ4v) is 4.31. The van der Waals surface area contributed by atoms with Crippen LogP contribution in [-0.2, 0) is 0 Å². The summed E-state index contributed by atoms with van der Waals surface area (Å²) in [5, 5.41) is 4.70. The van der Waals surface area contributed by atoms with Crippen LogP contribution in [0.2, 0.25) is 0 Å². The normalized spacial score (nSPS) is 23.0. The summed E-state index contributed by atoms with van der Waals surface area (Å²) in [6.45, 7) is 2.07. The van der Waals surface area contributed by atoms with Crippen LogP contribution in [0, 0.1) is 0 Å². The van der Waals surface area contributed by atoms with Crippen molar-refractivity contribution in [3.8, 4) is 11.3 Å². The molecule has 25 heavy (non-hydrogen) atoms. The number of piperazine rings is 1. The summed E-state index contributed by atoms with van der Waals surface area (Å²) in [5.74, 6) is 0.897. The molecule has 3 heterocycles. The van der Waals surface area contributed by atoms with Crippen molar-refractivity contribution in [3.05, 3.63) is 54.6 Å². The highest BCUT2D eigenvalue weighted by molar-refractivity contribution is 5.93. The van der Waals surface area contributed by atoms with Crippen LogP contribution in [0.4, 0.5) is 5.95 Å². The second-order valence-corrected chi connectivity index (χ2v) is 7.06. The zero-order chi connectivity index (χ0) is 16.6. The van der Waals surface area contributed by atoms with E-state index < -0.39 is 0 Å². The Kier molecular flexibility index (Phi) is 3.63. The topological polar surface area (TPSA) is 41.1 Å². The third-order valence-corrected chi connectivity index (χ3v) is 5.49. The van der Waals surface area contributed by atoms with Gasteiger partial charge in [0.2, 0.25) is 5.95 Å². The van der Waals surface area contributed by atoms with Crippen LogP contribution in [0.3, 0.4) is 0 Å². The van der Waals surface area contributed by atoms with Crippen molar-refractivity contribution in [1.29, 1.82) is 0 Å². The van der Waals surface area contributed by atoms with Gasteiger partial charge < -0.3 is 10.2 Å². The lowest BCUT2D eigenvalue weighted by molar-refractivity contribution is 0.308. The summed E-state index contributed by atoms with van der Waals surface area (Å²) < 4.78 is 0. The molecule has 2 aliphatic rings. The SMILES string of the molecule is c1ccc(-c2nc(N3C4CCCC3CNC4)nc3ccccc23)cc1. The molecule has 5 rings (SSSR count). The summed E-state index contributed by atoms with van der Waals surface area (Å²) in [4.78, 5) is 12.5. The molecular formula is C21H22N4. The van der Waals surface area contributed by atoms with E-state index in [9.17, 15) is 0 Å². The molecule has 0 aliphatic carbocycles. The van der Waals surface area contributed by atoms with Crippen LogP contribution in [0.1, 0.15) is 19.3 Å². The first-order valence-electron chi connectivity index (χ1n) is 9.21. The number of piperidine rings is 1. The number of nitrogens with one attached hydrogen (secondary N) is 1. The molecule has 2 fully saturated rings. The lowest BCUT2D eigenvalue weighted by Crippen LogP contribution is -2.60. The molecule has 2 aromatic carbocycles. The van der Waals surface area contributed by atoms with Crippen molar-refractivity contribution in [1.82, 2.24) is 15.3 Å². The van der Waals surface area contributed by atoms with E-state index in [4.69, 9.17) is 9.97 Å². The van der Waals surface area contributed by atoms with E-state index in [1.54, 1.807) is 0 Å². The number of para-hydroxylation sites is 1. The molecule has 3 aromatic rings. The first kappa shape index (κ1) is 14.8. The standard InChI is InChI=1S/C21H22N4/c1-2-7-15(8-3-1)20-18-11-4-5-12-19(18)23-21(24-20)25-16-9-6-10-17(25)14-22-13-16/h1-5,7-8,11-12,16-17,22H,6,9-10,13-14H2. The largest absolute Gasteiger partial charge is 0.332 e. The van der Waals surface area contributed by atoms with Gasteiger partial charge in [0.05, 0.1) is 11.2 Å². The molecule has 2 bridgehead atoms. The van der Waals surface area contributed by atoms with Gasteiger partial charge in [0.25, 0.3) is 0 Å². The molecule has 0 spiro atoms. The average molecular weight is 330 g/mol. The van der Waals surface area contributed by atoms with Crippen molar-refractivity contribution >= 4 is 16.9 Å². The monoisotopic (exact) mass is 330 g/mol. The van der Waals surface area contributed by atoms with E-state index in [0.29, 0.717) is 12.1 Å². The number of hydrogen-bond acceptors (Lipinski definition) is 4. The third-order valence-electron chi connectivity index (χ3n) is 5.49. The average Bonchev–Trinajstić information content (AvgIpc) is 2.67. The van der Waals surface area contributed by atoms with Crippen molar-refractivity contribution in [2.24, 2.45) is 0 Å². The Morgan fingerprint density at radius 1 is 0.840 bits per heavy atom. The summed E-state index contributed by atoms with van der Waals surface area (Å²) in [5.41, 5.74) is 3.23. The Morgan fingerprint density at radius 3 is 2.36 bits per heavy atom. The summed E-state index contributed by atoms with van der Waals surface area (Å²) in [6, 6.07) is 19.9. The molecule has 0 radical (unpaired) electrons. The maximum Gasteiger partial charge on any atom is 0.227 e. The van der Waals surface area contributed by atoms with Crippen LogP contribution in [0.5, 0.6) is 0 Å². The molecule has 2 atom stereocenters. The van der Waals surface area contributed by atoms with Crippen molar-refractivity contribution in [2.45, 2.75) is 31.3 Å². The zero-order valence-electron chi connectivity index (χ0n) is 14.2. The van der Waals surface area contributed by atoms with E-state index in [1.807, 2.05) is 0 Å². The first-order chi connectivity index (χ1) is 12.4. The molecule has 126 valence electrons. The predicted molar refractivity (Wildman–Crippen MR) is 102 cm³/mol. The minimum absolute atomic E-state index is 0.511. The number of benzene rings is 2. The maximum absolute atomic E-state index is 5.06. The minimum Gasteiger partial charge on any atom is -0.332 e. The molecule has 0 saturated carbocycles. The van der Waals surface area contributed by atoms with Crippen LogP contribution in [0.15, 0.2) is 54.6 Å². The fourth-order valence-electron chi connectivity index (χ4n) is 4.31. The second kappa shape index (κ2) is 6.12. The molecule has 2 aliphatic heterocycles. The Hall–Kier alpha value is -2.46. The van der Waals surface area contributed by atoms with Gasteiger partial charge in [-0.3, -0.25) is 0 Å². The van der Waals surface area contributed by atoms with Crippen molar-refractivity contribution < 1.29 is 0 Å². The van der Waals surface area contributed by atoms with E-state index in [0.717, 1.165) is 41.2 Å². The quantitative estimate of drug-likeness (QED) is 0.779.